The van der Waals surface area contributed by atoms with Gasteiger partial charge in [0.25, 0.3) is 5.91 Å². The van der Waals surface area contributed by atoms with Gasteiger partial charge >= 0.3 is 0 Å². The van der Waals surface area contributed by atoms with Crippen LogP contribution in [0.15, 0.2) is 42.7 Å². The van der Waals surface area contributed by atoms with Crippen molar-refractivity contribution in [2.45, 2.75) is 19.4 Å². The SMILES string of the molecule is CSCC[C@H](N)C(=O)Nc1ccc(C)c(NC(=O)c2ccncc2)c1. The third kappa shape index (κ3) is 5.58. The van der Waals surface area contributed by atoms with Gasteiger partial charge in [0.2, 0.25) is 5.91 Å². The van der Waals surface area contributed by atoms with Gasteiger partial charge < -0.3 is 16.4 Å². The highest BCUT2D eigenvalue weighted by atomic mass is 32.2. The number of aromatic nitrogens is 1. The van der Waals surface area contributed by atoms with E-state index in [2.05, 4.69) is 15.6 Å². The van der Waals surface area contributed by atoms with Crippen LogP contribution in [0.25, 0.3) is 0 Å². The molecule has 2 rings (SSSR count). The van der Waals surface area contributed by atoms with E-state index >= 15 is 0 Å². The lowest BCUT2D eigenvalue weighted by atomic mass is 10.1. The van der Waals surface area contributed by atoms with Crippen LogP contribution in [0, 0.1) is 6.92 Å². The third-order valence-corrected chi connectivity index (χ3v) is 4.31. The molecule has 25 heavy (non-hydrogen) atoms. The van der Waals surface area contributed by atoms with Crippen molar-refractivity contribution in [1.82, 2.24) is 4.98 Å². The number of amides is 2. The molecule has 2 amide bonds. The Balaban J connectivity index is 2.07. The number of aryl methyl sites for hydroxylation is 1. The lowest BCUT2D eigenvalue weighted by molar-refractivity contribution is -0.117. The van der Waals surface area contributed by atoms with Gasteiger partial charge in [-0.25, -0.2) is 0 Å². The molecule has 0 aliphatic carbocycles. The molecule has 0 aliphatic rings. The zero-order chi connectivity index (χ0) is 18.2. The number of thioether (sulfide) groups is 1. The van der Waals surface area contributed by atoms with Gasteiger partial charge in [-0.1, -0.05) is 6.07 Å². The molecule has 0 unspecified atom stereocenters. The second-order valence-corrected chi connectivity index (χ2v) is 6.58. The zero-order valence-electron chi connectivity index (χ0n) is 14.3. The summed E-state index contributed by atoms with van der Waals surface area (Å²) in [6.45, 7) is 1.89. The fourth-order valence-electron chi connectivity index (χ4n) is 2.14. The average Bonchev–Trinajstić information content (AvgIpc) is 2.63. The highest BCUT2D eigenvalue weighted by Crippen LogP contribution is 2.21. The molecule has 0 aliphatic heterocycles. The molecule has 2 aromatic rings. The minimum atomic E-state index is -0.552. The molecule has 0 radical (unpaired) electrons. The molecule has 0 fully saturated rings. The van der Waals surface area contributed by atoms with Crippen molar-refractivity contribution < 1.29 is 9.59 Å². The number of pyridine rings is 1. The summed E-state index contributed by atoms with van der Waals surface area (Å²) in [4.78, 5) is 28.3. The molecular formula is C18H22N4O2S. The van der Waals surface area contributed by atoms with Gasteiger partial charge in [0.05, 0.1) is 6.04 Å². The second-order valence-electron chi connectivity index (χ2n) is 5.60. The van der Waals surface area contributed by atoms with Crippen molar-refractivity contribution >= 4 is 35.0 Å². The van der Waals surface area contributed by atoms with Crippen LogP contribution in [0.1, 0.15) is 22.3 Å². The molecule has 6 nitrogen and oxygen atoms in total. The summed E-state index contributed by atoms with van der Waals surface area (Å²) in [6, 6.07) is 8.08. The van der Waals surface area contributed by atoms with Gasteiger partial charge in [-0.05, 0) is 55.2 Å². The van der Waals surface area contributed by atoms with Crippen LogP contribution >= 0.6 is 11.8 Å². The first kappa shape index (κ1) is 19.0. The van der Waals surface area contributed by atoms with Crippen molar-refractivity contribution in [3.63, 3.8) is 0 Å². The number of hydrogen-bond donors (Lipinski definition) is 3. The maximum Gasteiger partial charge on any atom is 0.255 e. The minimum absolute atomic E-state index is 0.231. The Morgan fingerprint density at radius 2 is 1.92 bits per heavy atom. The quantitative estimate of drug-likeness (QED) is 0.707. The van der Waals surface area contributed by atoms with E-state index in [1.165, 1.54) is 0 Å². The number of benzene rings is 1. The topological polar surface area (TPSA) is 97.1 Å². The monoisotopic (exact) mass is 358 g/mol. The third-order valence-electron chi connectivity index (χ3n) is 3.67. The van der Waals surface area contributed by atoms with E-state index in [4.69, 9.17) is 5.73 Å². The molecule has 132 valence electrons. The Kier molecular flexibility index (Phi) is 6.97. The molecular weight excluding hydrogens is 336 g/mol. The van der Waals surface area contributed by atoms with E-state index < -0.39 is 6.04 Å². The van der Waals surface area contributed by atoms with Gasteiger partial charge in [0.1, 0.15) is 0 Å². The number of nitrogens with zero attached hydrogens (tertiary/aromatic N) is 1. The standard InChI is InChI=1S/C18H22N4O2S/c1-12-3-4-14(21-18(24)15(19)7-10-25-2)11-16(12)22-17(23)13-5-8-20-9-6-13/h3-6,8-9,11,15H,7,10,19H2,1-2H3,(H,21,24)(H,22,23)/t15-/m0/s1. The molecule has 1 atom stereocenters. The molecule has 0 spiro atoms. The largest absolute Gasteiger partial charge is 0.325 e. The lowest BCUT2D eigenvalue weighted by Crippen LogP contribution is -2.36. The normalized spacial score (nSPS) is 11.6. The fraction of sp³-hybridized carbons (Fsp3) is 0.278. The maximum atomic E-state index is 12.3. The summed E-state index contributed by atoms with van der Waals surface area (Å²) in [6.07, 6.45) is 5.72. The second kappa shape index (κ2) is 9.19. The van der Waals surface area contributed by atoms with E-state index in [1.54, 1.807) is 48.4 Å². The molecule has 0 saturated carbocycles. The van der Waals surface area contributed by atoms with Crippen molar-refractivity contribution in [3.05, 3.63) is 53.9 Å². The van der Waals surface area contributed by atoms with Crippen molar-refractivity contribution in [1.29, 1.82) is 0 Å². The van der Waals surface area contributed by atoms with Crippen LogP contribution in [0.2, 0.25) is 0 Å². The first-order chi connectivity index (χ1) is 12.0. The Morgan fingerprint density at radius 1 is 1.20 bits per heavy atom. The molecule has 7 heteroatoms. The Hall–Kier alpha value is -2.38. The van der Waals surface area contributed by atoms with Gasteiger partial charge in [0.15, 0.2) is 0 Å². The molecule has 1 aromatic heterocycles. The van der Waals surface area contributed by atoms with E-state index in [0.29, 0.717) is 23.4 Å². The van der Waals surface area contributed by atoms with Crippen LogP contribution in [0.5, 0.6) is 0 Å². The van der Waals surface area contributed by atoms with E-state index in [1.807, 2.05) is 19.2 Å². The van der Waals surface area contributed by atoms with Crippen molar-refractivity contribution in [2.24, 2.45) is 5.73 Å². The van der Waals surface area contributed by atoms with Crippen LogP contribution in [0.4, 0.5) is 11.4 Å². The number of nitrogens with one attached hydrogen (secondary N) is 2. The van der Waals surface area contributed by atoms with Gasteiger partial charge in [-0.2, -0.15) is 11.8 Å². The summed E-state index contributed by atoms with van der Waals surface area (Å²) in [5, 5.41) is 5.65. The average molecular weight is 358 g/mol. The molecule has 0 saturated heterocycles. The Bertz CT molecular complexity index is 737. The Morgan fingerprint density at radius 3 is 2.60 bits per heavy atom. The van der Waals surface area contributed by atoms with E-state index in [0.717, 1.165) is 11.3 Å². The number of carbonyl (C=O) groups is 2. The first-order valence-electron chi connectivity index (χ1n) is 7.88. The lowest BCUT2D eigenvalue weighted by Gasteiger charge is -2.14. The smallest absolute Gasteiger partial charge is 0.255 e. The molecule has 1 aromatic carbocycles. The van der Waals surface area contributed by atoms with Crippen molar-refractivity contribution in [2.75, 3.05) is 22.6 Å². The van der Waals surface area contributed by atoms with Crippen LogP contribution in [0.3, 0.4) is 0 Å². The summed E-state index contributed by atoms with van der Waals surface area (Å²) in [5.41, 5.74) is 8.52. The summed E-state index contributed by atoms with van der Waals surface area (Å²) in [7, 11) is 0. The maximum absolute atomic E-state index is 12.3. The number of carbonyl (C=O) groups excluding carboxylic acids is 2. The number of nitrogens with two attached hydrogens (primary N) is 1. The highest BCUT2D eigenvalue weighted by molar-refractivity contribution is 7.98. The van der Waals surface area contributed by atoms with E-state index in [-0.39, 0.29) is 11.8 Å². The molecule has 1 heterocycles. The number of anilines is 2. The Labute approximate surface area is 151 Å². The van der Waals surface area contributed by atoms with Crippen LogP contribution in [-0.4, -0.2) is 34.8 Å². The van der Waals surface area contributed by atoms with E-state index in [9.17, 15) is 9.59 Å². The molecule has 4 N–H and O–H groups in total. The highest BCUT2D eigenvalue weighted by Gasteiger charge is 2.14. The van der Waals surface area contributed by atoms with Crippen LogP contribution < -0.4 is 16.4 Å². The van der Waals surface area contributed by atoms with Gasteiger partial charge in [0, 0.05) is 29.3 Å². The predicted molar refractivity (Wildman–Crippen MR) is 103 cm³/mol. The minimum Gasteiger partial charge on any atom is -0.325 e. The zero-order valence-corrected chi connectivity index (χ0v) is 15.1. The van der Waals surface area contributed by atoms with Crippen LogP contribution in [-0.2, 0) is 4.79 Å². The predicted octanol–water partition coefficient (Wildman–Crippen LogP) is 2.66. The van der Waals surface area contributed by atoms with Crippen molar-refractivity contribution in [3.8, 4) is 0 Å². The first-order valence-corrected chi connectivity index (χ1v) is 9.28. The summed E-state index contributed by atoms with van der Waals surface area (Å²) in [5.74, 6) is 0.366. The van der Waals surface area contributed by atoms with Gasteiger partial charge in [-0.15, -0.1) is 0 Å². The van der Waals surface area contributed by atoms with Gasteiger partial charge in [-0.3, -0.25) is 14.6 Å². The molecule has 0 bridgehead atoms. The fourth-order valence-corrected chi connectivity index (χ4v) is 2.63. The number of rotatable bonds is 7. The number of hydrogen-bond acceptors (Lipinski definition) is 5. The summed E-state index contributed by atoms with van der Waals surface area (Å²) < 4.78 is 0. The summed E-state index contributed by atoms with van der Waals surface area (Å²) >= 11 is 1.65.